The van der Waals surface area contributed by atoms with Crippen LogP contribution in [0.3, 0.4) is 0 Å². The molecule has 1 aliphatic rings. The molecule has 2 heterocycles. The van der Waals surface area contributed by atoms with Gasteiger partial charge >= 0.3 is 0 Å². The highest BCUT2D eigenvalue weighted by Gasteiger charge is 2.40. The summed E-state index contributed by atoms with van der Waals surface area (Å²) in [6, 6.07) is 6.77. The number of likely N-dealkylation sites (tertiary alicyclic amines) is 1. The van der Waals surface area contributed by atoms with Crippen LogP contribution >= 0.6 is 0 Å². The van der Waals surface area contributed by atoms with Crippen LogP contribution in [-0.2, 0) is 9.53 Å². The smallest absolute Gasteiger partial charge is 0.249 e. The zero-order chi connectivity index (χ0) is 17.8. The van der Waals surface area contributed by atoms with Gasteiger partial charge in [0.05, 0.1) is 31.5 Å². The summed E-state index contributed by atoms with van der Waals surface area (Å²) < 4.78 is 11.7. The number of tetrazole rings is 1. The molecule has 9 nitrogen and oxygen atoms in total. The van der Waals surface area contributed by atoms with Gasteiger partial charge in [-0.15, -0.1) is 5.10 Å². The number of benzene rings is 1. The minimum absolute atomic E-state index is 0.0445. The molecule has 1 aliphatic heterocycles. The Labute approximate surface area is 145 Å². The first-order valence-electron chi connectivity index (χ1n) is 8.03. The van der Waals surface area contributed by atoms with Gasteiger partial charge in [-0.2, -0.15) is 4.68 Å². The highest BCUT2D eigenvalue weighted by Crippen LogP contribution is 2.35. The van der Waals surface area contributed by atoms with Gasteiger partial charge in [0.15, 0.2) is 5.82 Å². The van der Waals surface area contributed by atoms with Crippen molar-refractivity contribution in [2.24, 2.45) is 0 Å². The number of aromatic nitrogens is 4. The number of methoxy groups -OCH3 is 2. The molecule has 2 atom stereocenters. The Kier molecular flexibility index (Phi) is 5.25. The molecule has 3 rings (SSSR count). The monoisotopic (exact) mass is 347 g/mol. The molecule has 1 fully saturated rings. The van der Waals surface area contributed by atoms with E-state index in [-0.39, 0.29) is 31.2 Å². The van der Waals surface area contributed by atoms with Crippen LogP contribution in [0.25, 0.3) is 5.69 Å². The normalized spacial score (nSPS) is 20.0. The molecule has 134 valence electrons. The molecular weight excluding hydrogens is 326 g/mol. The molecule has 1 aromatic heterocycles. The first kappa shape index (κ1) is 17.3. The van der Waals surface area contributed by atoms with Crippen molar-refractivity contribution in [3.05, 3.63) is 30.1 Å². The van der Waals surface area contributed by atoms with Crippen LogP contribution in [0.4, 0.5) is 0 Å². The predicted molar refractivity (Wildman–Crippen MR) is 87.3 cm³/mol. The lowest BCUT2D eigenvalue weighted by atomic mass is 10.2. The predicted octanol–water partition coefficient (Wildman–Crippen LogP) is 0.342. The highest BCUT2D eigenvalue weighted by molar-refractivity contribution is 5.78. The highest BCUT2D eigenvalue weighted by atomic mass is 16.5. The summed E-state index contributed by atoms with van der Waals surface area (Å²) in [7, 11) is 3.07. The summed E-state index contributed by atoms with van der Waals surface area (Å²) >= 11 is 0. The van der Waals surface area contributed by atoms with Crippen molar-refractivity contribution in [3.63, 3.8) is 0 Å². The maximum atomic E-state index is 12.4. The summed E-state index contributed by atoms with van der Waals surface area (Å²) in [6.07, 6.45) is 1.36. The van der Waals surface area contributed by atoms with E-state index in [9.17, 15) is 9.90 Å². The quantitative estimate of drug-likeness (QED) is 0.804. The molecule has 1 aromatic carbocycles. The van der Waals surface area contributed by atoms with E-state index >= 15 is 0 Å². The zero-order valence-electron chi connectivity index (χ0n) is 14.2. The average molecular weight is 347 g/mol. The molecule has 2 aromatic rings. The lowest BCUT2D eigenvalue weighted by Crippen LogP contribution is -2.41. The number of hydrogen-bond donors (Lipinski definition) is 1. The Morgan fingerprint density at radius 3 is 2.68 bits per heavy atom. The van der Waals surface area contributed by atoms with Crippen molar-refractivity contribution in [3.8, 4) is 11.4 Å². The molecule has 0 aliphatic carbocycles. The van der Waals surface area contributed by atoms with Gasteiger partial charge in [0.2, 0.25) is 5.91 Å². The average Bonchev–Trinajstić information content (AvgIpc) is 3.28. The van der Waals surface area contributed by atoms with E-state index < -0.39 is 0 Å². The van der Waals surface area contributed by atoms with Crippen molar-refractivity contribution >= 4 is 5.91 Å². The van der Waals surface area contributed by atoms with Crippen molar-refractivity contribution in [1.29, 1.82) is 0 Å². The van der Waals surface area contributed by atoms with Crippen molar-refractivity contribution in [2.45, 2.75) is 24.9 Å². The summed E-state index contributed by atoms with van der Waals surface area (Å²) in [4.78, 5) is 14.1. The Balaban J connectivity index is 1.93. The topological polar surface area (TPSA) is 103 Å². The fraction of sp³-hybridized carbons (Fsp3) is 0.500. The van der Waals surface area contributed by atoms with E-state index in [4.69, 9.17) is 9.47 Å². The van der Waals surface area contributed by atoms with E-state index in [1.807, 2.05) is 24.3 Å². The molecule has 1 amide bonds. The third-order valence-electron chi connectivity index (χ3n) is 4.38. The minimum Gasteiger partial charge on any atom is -0.497 e. The lowest BCUT2D eigenvalue weighted by molar-refractivity contribution is -0.139. The van der Waals surface area contributed by atoms with Gasteiger partial charge in [0.1, 0.15) is 12.4 Å². The SMILES string of the molecule is COCC(=O)N1[C@H](CO)CC[C@@H]1c1nnnn1-c1ccc(OC)cc1. The second-order valence-electron chi connectivity index (χ2n) is 5.81. The number of carbonyl (C=O) groups excluding carboxylic acids is 1. The first-order chi connectivity index (χ1) is 12.2. The van der Waals surface area contributed by atoms with E-state index in [2.05, 4.69) is 15.5 Å². The number of nitrogens with zero attached hydrogens (tertiary/aromatic N) is 5. The molecule has 0 radical (unpaired) electrons. The fourth-order valence-corrected chi connectivity index (χ4v) is 3.20. The van der Waals surface area contributed by atoms with Crippen molar-refractivity contribution in [2.75, 3.05) is 27.4 Å². The molecule has 0 saturated carbocycles. The van der Waals surface area contributed by atoms with Gasteiger partial charge in [-0.3, -0.25) is 4.79 Å². The molecule has 1 N–H and O–H groups in total. The third-order valence-corrected chi connectivity index (χ3v) is 4.38. The fourth-order valence-electron chi connectivity index (χ4n) is 3.20. The van der Waals surface area contributed by atoms with Crippen molar-refractivity contribution < 1.29 is 19.4 Å². The van der Waals surface area contributed by atoms with Gasteiger partial charge in [-0.25, -0.2) is 0 Å². The van der Waals surface area contributed by atoms with E-state index in [0.717, 1.165) is 11.4 Å². The van der Waals surface area contributed by atoms with Crippen LogP contribution in [0.5, 0.6) is 5.75 Å². The molecule has 0 unspecified atom stereocenters. The molecule has 25 heavy (non-hydrogen) atoms. The number of ether oxygens (including phenoxy) is 2. The molecule has 0 bridgehead atoms. The van der Waals surface area contributed by atoms with Crippen molar-refractivity contribution in [1.82, 2.24) is 25.1 Å². The van der Waals surface area contributed by atoms with Gasteiger partial charge in [-0.1, -0.05) is 0 Å². The maximum Gasteiger partial charge on any atom is 0.249 e. The second kappa shape index (κ2) is 7.58. The number of carbonyl (C=O) groups is 1. The Hall–Kier alpha value is -2.52. The van der Waals surface area contributed by atoms with E-state index in [1.165, 1.54) is 7.11 Å². The minimum atomic E-state index is -0.308. The Morgan fingerprint density at radius 2 is 2.04 bits per heavy atom. The molecule has 9 heteroatoms. The number of amides is 1. The molecule has 1 saturated heterocycles. The van der Waals surface area contributed by atoms with Crippen LogP contribution in [-0.4, -0.2) is 69.6 Å². The summed E-state index contributed by atoms with van der Waals surface area (Å²) in [5.74, 6) is 1.11. The van der Waals surface area contributed by atoms with Crippen LogP contribution < -0.4 is 4.74 Å². The van der Waals surface area contributed by atoms with E-state index in [1.54, 1.807) is 16.7 Å². The van der Waals surface area contributed by atoms with Crippen LogP contribution in [0.15, 0.2) is 24.3 Å². The van der Waals surface area contributed by atoms with Crippen LogP contribution in [0, 0.1) is 0 Å². The third kappa shape index (κ3) is 3.33. The van der Waals surface area contributed by atoms with Gasteiger partial charge in [0.25, 0.3) is 0 Å². The van der Waals surface area contributed by atoms with Gasteiger partial charge < -0.3 is 19.5 Å². The number of rotatable bonds is 6. The summed E-state index contributed by atoms with van der Waals surface area (Å²) in [5.41, 5.74) is 0.771. The van der Waals surface area contributed by atoms with Crippen LogP contribution in [0.1, 0.15) is 24.7 Å². The summed E-state index contributed by atoms with van der Waals surface area (Å²) in [5, 5.41) is 21.6. The van der Waals surface area contributed by atoms with Gasteiger partial charge in [-0.05, 0) is 47.5 Å². The Morgan fingerprint density at radius 1 is 1.28 bits per heavy atom. The molecule has 0 spiro atoms. The van der Waals surface area contributed by atoms with Crippen LogP contribution in [0.2, 0.25) is 0 Å². The lowest BCUT2D eigenvalue weighted by Gasteiger charge is -2.28. The summed E-state index contributed by atoms with van der Waals surface area (Å²) in [6.45, 7) is -0.146. The van der Waals surface area contributed by atoms with E-state index in [0.29, 0.717) is 18.7 Å². The number of aliphatic hydroxyl groups is 1. The largest absolute Gasteiger partial charge is 0.497 e. The maximum absolute atomic E-state index is 12.4. The first-order valence-corrected chi connectivity index (χ1v) is 8.03. The molecular formula is C16H21N5O4. The zero-order valence-corrected chi connectivity index (χ0v) is 14.2. The number of hydrogen-bond acceptors (Lipinski definition) is 7. The Bertz CT molecular complexity index is 718. The standard InChI is InChI=1S/C16H21N5O4/c1-24-10-15(23)20-12(9-22)5-8-14(20)16-17-18-19-21(16)11-3-6-13(25-2)7-4-11/h3-4,6-7,12,14,22H,5,8-10H2,1-2H3/t12-,14+/m0/s1. The van der Waals surface area contributed by atoms with Gasteiger partial charge in [0, 0.05) is 7.11 Å². The second-order valence-corrected chi connectivity index (χ2v) is 5.81. The number of aliphatic hydroxyl groups excluding tert-OH is 1.